The Hall–Kier alpha value is -2.08. The first-order valence-electron chi connectivity index (χ1n) is 6.71. The van der Waals surface area contributed by atoms with E-state index in [4.69, 9.17) is 17.0 Å². The van der Waals surface area contributed by atoms with Crippen LogP contribution < -0.4 is 15.4 Å². The largest absolute Gasteiger partial charge is 0.497 e. The quantitative estimate of drug-likeness (QED) is 0.851. The van der Waals surface area contributed by atoms with Crippen LogP contribution in [0.25, 0.3) is 0 Å². The highest BCUT2D eigenvalue weighted by molar-refractivity contribution is 7.80. The zero-order valence-corrected chi connectivity index (χ0v) is 13.5. The summed E-state index contributed by atoms with van der Waals surface area (Å²) >= 11 is 5.35. The van der Waals surface area contributed by atoms with Gasteiger partial charge in [-0.3, -0.25) is 4.68 Å². The molecule has 2 aromatic rings. The summed E-state index contributed by atoms with van der Waals surface area (Å²) < 4.78 is 7.00. The van der Waals surface area contributed by atoms with Gasteiger partial charge in [0.1, 0.15) is 5.75 Å². The molecular formula is C15H20N4OS. The number of nitrogens with one attached hydrogen (secondary N) is 2. The number of aromatic nitrogens is 2. The Balaban J connectivity index is 1.99. The monoisotopic (exact) mass is 304 g/mol. The van der Waals surface area contributed by atoms with Gasteiger partial charge >= 0.3 is 0 Å². The highest BCUT2D eigenvalue weighted by atomic mass is 32.1. The van der Waals surface area contributed by atoms with Crippen molar-refractivity contribution in [3.63, 3.8) is 0 Å². The zero-order chi connectivity index (χ0) is 15.4. The van der Waals surface area contributed by atoms with Gasteiger partial charge in [-0.2, -0.15) is 5.10 Å². The molecule has 112 valence electrons. The third-order valence-electron chi connectivity index (χ3n) is 3.19. The molecule has 1 aromatic heterocycles. The average molecular weight is 304 g/mol. The first-order valence-corrected chi connectivity index (χ1v) is 7.12. The molecule has 0 aliphatic carbocycles. The second-order valence-corrected chi connectivity index (χ2v) is 5.30. The van der Waals surface area contributed by atoms with Crippen LogP contribution in [0.15, 0.2) is 30.5 Å². The summed E-state index contributed by atoms with van der Waals surface area (Å²) in [6.45, 7) is 4.05. The molecule has 2 rings (SSSR count). The fourth-order valence-electron chi connectivity index (χ4n) is 2.19. The van der Waals surface area contributed by atoms with Gasteiger partial charge < -0.3 is 15.4 Å². The van der Waals surface area contributed by atoms with Gasteiger partial charge in [-0.25, -0.2) is 0 Å². The first-order chi connectivity index (χ1) is 9.99. The van der Waals surface area contributed by atoms with Crippen LogP contribution >= 0.6 is 12.2 Å². The minimum absolute atomic E-state index is 0.0873. The molecule has 0 aliphatic rings. The number of benzene rings is 1. The lowest BCUT2D eigenvalue weighted by Crippen LogP contribution is -2.31. The van der Waals surface area contributed by atoms with Crippen molar-refractivity contribution in [2.75, 3.05) is 12.4 Å². The summed E-state index contributed by atoms with van der Waals surface area (Å²) in [4.78, 5) is 0. The highest BCUT2D eigenvalue weighted by Crippen LogP contribution is 2.18. The van der Waals surface area contributed by atoms with Crippen molar-refractivity contribution in [2.45, 2.75) is 19.9 Å². The lowest BCUT2D eigenvalue weighted by molar-refractivity contribution is 0.415. The van der Waals surface area contributed by atoms with Crippen LogP contribution in [0.5, 0.6) is 5.75 Å². The van der Waals surface area contributed by atoms with Crippen molar-refractivity contribution in [1.29, 1.82) is 0 Å². The second kappa shape index (κ2) is 6.58. The van der Waals surface area contributed by atoms with E-state index in [2.05, 4.69) is 22.7 Å². The molecule has 1 atom stereocenters. The Morgan fingerprint density at radius 2 is 2.19 bits per heavy atom. The molecule has 0 fully saturated rings. The topological polar surface area (TPSA) is 51.1 Å². The maximum absolute atomic E-state index is 5.35. The van der Waals surface area contributed by atoms with E-state index in [0.717, 1.165) is 22.7 Å². The summed E-state index contributed by atoms with van der Waals surface area (Å²) in [6, 6.07) is 7.73. The number of methoxy groups -OCH3 is 1. The molecule has 1 heterocycles. The van der Waals surface area contributed by atoms with Crippen LogP contribution in [0.2, 0.25) is 0 Å². The fraction of sp³-hybridized carbons (Fsp3) is 0.333. The van der Waals surface area contributed by atoms with E-state index < -0.39 is 0 Å². The second-order valence-electron chi connectivity index (χ2n) is 4.90. The number of aryl methyl sites for hydroxylation is 2. The van der Waals surface area contributed by atoms with Gasteiger partial charge in [0, 0.05) is 30.6 Å². The fourth-order valence-corrected chi connectivity index (χ4v) is 2.48. The van der Waals surface area contributed by atoms with E-state index >= 15 is 0 Å². The summed E-state index contributed by atoms with van der Waals surface area (Å²) in [7, 11) is 3.55. The minimum Gasteiger partial charge on any atom is -0.497 e. The van der Waals surface area contributed by atoms with Gasteiger partial charge in [-0.15, -0.1) is 0 Å². The lowest BCUT2D eigenvalue weighted by Gasteiger charge is -2.17. The van der Waals surface area contributed by atoms with Crippen LogP contribution in [0, 0.1) is 6.92 Å². The van der Waals surface area contributed by atoms with E-state index in [-0.39, 0.29) is 6.04 Å². The van der Waals surface area contributed by atoms with E-state index in [1.165, 1.54) is 0 Å². The number of hydrogen-bond acceptors (Lipinski definition) is 3. The molecule has 2 N–H and O–H groups in total. The van der Waals surface area contributed by atoms with Crippen molar-refractivity contribution in [1.82, 2.24) is 15.1 Å². The minimum atomic E-state index is 0.0873. The van der Waals surface area contributed by atoms with Crippen LogP contribution in [0.4, 0.5) is 5.69 Å². The Morgan fingerprint density at radius 3 is 2.81 bits per heavy atom. The molecule has 0 saturated carbocycles. The molecule has 0 spiro atoms. The molecule has 0 saturated heterocycles. The standard InChI is InChI=1S/C15H20N4OS/c1-10(14-9-19(3)18-11(14)2)16-15(21)17-12-6-5-7-13(8-12)20-4/h5-10H,1-4H3,(H2,16,17,21). The van der Waals surface area contributed by atoms with Crippen LogP contribution in [-0.2, 0) is 7.05 Å². The van der Waals surface area contributed by atoms with Crippen LogP contribution in [-0.4, -0.2) is 22.0 Å². The molecule has 21 heavy (non-hydrogen) atoms. The van der Waals surface area contributed by atoms with E-state index in [1.807, 2.05) is 44.4 Å². The summed E-state index contributed by atoms with van der Waals surface area (Å²) in [5.41, 5.74) is 3.02. The molecule has 1 unspecified atom stereocenters. The van der Waals surface area contributed by atoms with Gasteiger partial charge in [0.15, 0.2) is 5.11 Å². The number of hydrogen-bond donors (Lipinski definition) is 2. The maximum Gasteiger partial charge on any atom is 0.171 e. The van der Waals surface area contributed by atoms with Crippen LogP contribution in [0.3, 0.4) is 0 Å². The molecule has 1 aromatic carbocycles. The first kappa shape index (κ1) is 15.3. The number of rotatable bonds is 4. The van der Waals surface area contributed by atoms with Crippen molar-refractivity contribution in [3.05, 3.63) is 41.7 Å². The molecule has 6 heteroatoms. The van der Waals surface area contributed by atoms with Gasteiger partial charge in [0.05, 0.1) is 18.8 Å². The van der Waals surface area contributed by atoms with Gasteiger partial charge in [0.2, 0.25) is 0 Å². The van der Waals surface area contributed by atoms with Crippen molar-refractivity contribution >= 4 is 23.0 Å². The van der Waals surface area contributed by atoms with Gasteiger partial charge in [-0.1, -0.05) is 6.07 Å². The zero-order valence-electron chi connectivity index (χ0n) is 12.7. The third-order valence-corrected chi connectivity index (χ3v) is 3.41. The predicted octanol–water partition coefficient (Wildman–Crippen LogP) is 2.78. The normalized spacial score (nSPS) is 11.8. The smallest absolute Gasteiger partial charge is 0.171 e. The Kier molecular flexibility index (Phi) is 4.80. The molecule has 5 nitrogen and oxygen atoms in total. The predicted molar refractivity (Wildman–Crippen MR) is 88.7 cm³/mol. The average Bonchev–Trinajstić information content (AvgIpc) is 2.77. The summed E-state index contributed by atoms with van der Waals surface area (Å²) in [5, 5.41) is 11.3. The number of thiocarbonyl (C=S) groups is 1. The van der Waals surface area contributed by atoms with Gasteiger partial charge in [0.25, 0.3) is 0 Å². The highest BCUT2D eigenvalue weighted by Gasteiger charge is 2.12. The summed E-state index contributed by atoms with van der Waals surface area (Å²) in [5.74, 6) is 0.791. The molecule has 0 aliphatic heterocycles. The number of nitrogens with zero attached hydrogens (tertiary/aromatic N) is 2. The SMILES string of the molecule is COc1cccc(NC(=S)NC(C)c2cn(C)nc2C)c1. The van der Waals surface area contributed by atoms with E-state index in [1.54, 1.807) is 11.8 Å². The van der Waals surface area contributed by atoms with Crippen molar-refractivity contribution in [2.24, 2.45) is 7.05 Å². The third kappa shape index (κ3) is 3.95. The molecule has 0 bridgehead atoms. The Bertz CT molecular complexity index is 638. The maximum atomic E-state index is 5.35. The lowest BCUT2D eigenvalue weighted by atomic mass is 10.1. The van der Waals surface area contributed by atoms with E-state index in [0.29, 0.717) is 5.11 Å². The number of anilines is 1. The molecular weight excluding hydrogens is 284 g/mol. The molecule has 0 amide bonds. The Labute approximate surface area is 130 Å². The van der Waals surface area contributed by atoms with Crippen molar-refractivity contribution < 1.29 is 4.74 Å². The van der Waals surface area contributed by atoms with Crippen LogP contribution in [0.1, 0.15) is 24.2 Å². The van der Waals surface area contributed by atoms with E-state index in [9.17, 15) is 0 Å². The van der Waals surface area contributed by atoms with Gasteiger partial charge in [-0.05, 0) is 38.2 Å². The summed E-state index contributed by atoms with van der Waals surface area (Å²) in [6.07, 6.45) is 2.00. The number of ether oxygens (including phenoxy) is 1. The van der Waals surface area contributed by atoms with Crippen molar-refractivity contribution in [3.8, 4) is 5.75 Å². The Morgan fingerprint density at radius 1 is 1.43 bits per heavy atom. The molecule has 0 radical (unpaired) electrons.